The Kier molecular flexibility index (Phi) is 5.29. The number of oxime groups is 1. The molecule has 104 valence electrons. The molecule has 6 nitrogen and oxygen atoms in total. The number of rotatable bonds is 5. The summed E-state index contributed by atoms with van der Waals surface area (Å²) in [5.41, 5.74) is 6.72. The van der Waals surface area contributed by atoms with Gasteiger partial charge in [-0.1, -0.05) is 5.16 Å². The summed E-state index contributed by atoms with van der Waals surface area (Å²) >= 11 is 0. The van der Waals surface area contributed by atoms with Gasteiger partial charge in [0.05, 0.1) is 5.56 Å². The lowest BCUT2D eigenvalue weighted by Crippen LogP contribution is -2.39. The summed E-state index contributed by atoms with van der Waals surface area (Å²) in [7, 11) is 0. The van der Waals surface area contributed by atoms with E-state index in [1.54, 1.807) is 30.2 Å². The molecule has 6 heteroatoms. The van der Waals surface area contributed by atoms with Crippen LogP contribution in [0.1, 0.15) is 36.3 Å². The minimum absolute atomic E-state index is 0.0265. The van der Waals surface area contributed by atoms with Crippen LogP contribution < -0.4 is 5.73 Å². The Morgan fingerprint density at radius 2 is 2.26 bits per heavy atom. The molecule has 0 aliphatic rings. The number of hydrogen-bond acceptors (Lipinski definition) is 4. The van der Waals surface area contributed by atoms with Gasteiger partial charge in [0.1, 0.15) is 5.84 Å². The van der Waals surface area contributed by atoms with Crippen molar-refractivity contribution >= 4 is 11.7 Å². The normalized spacial score (nSPS) is 11.7. The van der Waals surface area contributed by atoms with Gasteiger partial charge in [-0.05, 0) is 32.9 Å². The van der Waals surface area contributed by atoms with E-state index in [0.717, 1.165) is 0 Å². The Morgan fingerprint density at radius 3 is 2.79 bits per heavy atom. The van der Waals surface area contributed by atoms with Gasteiger partial charge in [-0.25, -0.2) is 0 Å². The van der Waals surface area contributed by atoms with Crippen LogP contribution in [0.2, 0.25) is 0 Å². The van der Waals surface area contributed by atoms with Gasteiger partial charge in [-0.3, -0.25) is 9.78 Å². The third-order valence-corrected chi connectivity index (χ3v) is 2.86. The first-order valence-corrected chi connectivity index (χ1v) is 6.16. The van der Waals surface area contributed by atoms with Crippen molar-refractivity contribution < 1.29 is 10.0 Å². The highest BCUT2D eigenvalue weighted by molar-refractivity contribution is 5.95. The number of hydrogen-bond donors (Lipinski definition) is 2. The Morgan fingerprint density at radius 1 is 1.58 bits per heavy atom. The molecule has 19 heavy (non-hydrogen) atoms. The molecule has 0 unspecified atom stereocenters. The van der Waals surface area contributed by atoms with Crippen molar-refractivity contribution in [3.05, 3.63) is 29.6 Å². The molecule has 0 aliphatic heterocycles. The topological polar surface area (TPSA) is 91.8 Å². The third-order valence-electron chi connectivity index (χ3n) is 2.86. The first-order valence-electron chi connectivity index (χ1n) is 6.16. The lowest BCUT2D eigenvalue weighted by molar-refractivity contribution is 0.0709. The second kappa shape index (κ2) is 6.72. The first kappa shape index (κ1) is 14.9. The van der Waals surface area contributed by atoms with Crippen molar-refractivity contribution in [3.8, 4) is 0 Å². The summed E-state index contributed by atoms with van der Waals surface area (Å²) in [6.07, 6.45) is 1.99. The average Bonchev–Trinajstić information content (AvgIpc) is 2.38. The van der Waals surface area contributed by atoms with Gasteiger partial charge in [0, 0.05) is 30.9 Å². The molecule has 0 saturated heterocycles. The van der Waals surface area contributed by atoms with Crippen molar-refractivity contribution in [2.45, 2.75) is 33.2 Å². The molecule has 0 aliphatic carbocycles. The SMILES string of the molecule is Cc1ncccc1C(=O)N(CCC(N)=NO)C(C)C. The molecule has 0 fully saturated rings. The molecule has 1 aromatic heterocycles. The van der Waals surface area contributed by atoms with Gasteiger partial charge in [-0.15, -0.1) is 0 Å². The minimum Gasteiger partial charge on any atom is -0.409 e. The van der Waals surface area contributed by atoms with Gasteiger partial charge in [0.25, 0.3) is 5.91 Å². The number of carbonyl (C=O) groups is 1. The smallest absolute Gasteiger partial charge is 0.255 e. The molecule has 1 amide bonds. The predicted molar refractivity (Wildman–Crippen MR) is 73.2 cm³/mol. The van der Waals surface area contributed by atoms with E-state index in [-0.39, 0.29) is 17.8 Å². The molecule has 3 N–H and O–H groups in total. The highest BCUT2D eigenvalue weighted by Gasteiger charge is 2.20. The average molecular weight is 264 g/mol. The van der Waals surface area contributed by atoms with Crippen molar-refractivity contribution in [3.63, 3.8) is 0 Å². The quantitative estimate of drug-likeness (QED) is 0.364. The molecule has 0 atom stereocenters. The van der Waals surface area contributed by atoms with Crippen molar-refractivity contribution in [2.75, 3.05) is 6.54 Å². The maximum atomic E-state index is 12.5. The van der Waals surface area contributed by atoms with Crippen LogP contribution in [0.3, 0.4) is 0 Å². The number of pyridine rings is 1. The molecule has 1 aromatic rings. The van der Waals surface area contributed by atoms with E-state index in [9.17, 15) is 4.79 Å². The molecule has 1 heterocycles. The summed E-state index contributed by atoms with van der Waals surface area (Å²) in [5.74, 6) is 0.0210. The lowest BCUT2D eigenvalue weighted by Gasteiger charge is -2.27. The minimum atomic E-state index is -0.0914. The van der Waals surface area contributed by atoms with E-state index in [4.69, 9.17) is 10.9 Å². The van der Waals surface area contributed by atoms with Crippen LogP contribution in [0.25, 0.3) is 0 Å². The fraction of sp³-hybridized carbons (Fsp3) is 0.462. The number of amidine groups is 1. The highest BCUT2D eigenvalue weighted by Crippen LogP contribution is 2.11. The molecular formula is C13H20N4O2. The van der Waals surface area contributed by atoms with E-state index in [0.29, 0.717) is 24.2 Å². The standard InChI is InChI=1S/C13H20N4O2/c1-9(2)17(8-6-12(14)16-19)13(18)11-5-4-7-15-10(11)3/h4-5,7,9,19H,6,8H2,1-3H3,(H2,14,16). The summed E-state index contributed by atoms with van der Waals surface area (Å²) in [6.45, 7) is 6.06. The number of nitrogens with two attached hydrogens (primary N) is 1. The first-order chi connectivity index (χ1) is 8.97. The number of carbonyl (C=O) groups excluding carboxylic acids is 1. The lowest BCUT2D eigenvalue weighted by atomic mass is 10.1. The maximum absolute atomic E-state index is 12.5. The van der Waals surface area contributed by atoms with Crippen LogP contribution >= 0.6 is 0 Å². The maximum Gasteiger partial charge on any atom is 0.255 e. The van der Waals surface area contributed by atoms with Gasteiger partial charge in [-0.2, -0.15) is 0 Å². The molecule has 1 rings (SSSR count). The van der Waals surface area contributed by atoms with E-state index in [2.05, 4.69) is 10.1 Å². The van der Waals surface area contributed by atoms with Crippen molar-refractivity contribution in [1.29, 1.82) is 0 Å². The molecule has 0 radical (unpaired) electrons. The zero-order chi connectivity index (χ0) is 14.4. The second-order valence-electron chi connectivity index (χ2n) is 4.57. The zero-order valence-corrected chi connectivity index (χ0v) is 11.5. The summed E-state index contributed by atoms with van der Waals surface area (Å²) in [5, 5.41) is 11.4. The summed E-state index contributed by atoms with van der Waals surface area (Å²) in [6, 6.07) is 3.52. The zero-order valence-electron chi connectivity index (χ0n) is 11.5. The number of aryl methyl sites for hydroxylation is 1. The summed E-state index contributed by atoms with van der Waals surface area (Å²) in [4.78, 5) is 18.3. The Bertz CT molecular complexity index is 471. The monoisotopic (exact) mass is 264 g/mol. The van der Waals surface area contributed by atoms with E-state index in [1.165, 1.54) is 0 Å². The Labute approximate surface area is 112 Å². The predicted octanol–water partition coefficient (Wildman–Crippen LogP) is 1.38. The van der Waals surface area contributed by atoms with Crippen molar-refractivity contribution in [1.82, 2.24) is 9.88 Å². The van der Waals surface area contributed by atoms with Crippen LogP contribution in [0.4, 0.5) is 0 Å². The molecule has 0 bridgehead atoms. The molecular weight excluding hydrogens is 244 g/mol. The van der Waals surface area contributed by atoms with Gasteiger partial charge in [0.15, 0.2) is 0 Å². The fourth-order valence-electron chi connectivity index (χ4n) is 1.74. The number of amides is 1. The van der Waals surface area contributed by atoms with Gasteiger partial charge < -0.3 is 15.8 Å². The second-order valence-corrected chi connectivity index (χ2v) is 4.57. The summed E-state index contributed by atoms with van der Waals surface area (Å²) < 4.78 is 0. The Hall–Kier alpha value is -2.11. The number of aromatic nitrogens is 1. The van der Waals surface area contributed by atoms with E-state index < -0.39 is 0 Å². The van der Waals surface area contributed by atoms with Crippen LogP contribution in [-0.4, -0.2) is 39.4 Å². The third kappa shape index (κ3) is 3.94. The van der Waals surface area contributed by atoms with Gasteiger partial charge >= 0.3 is 0 Å². The number of nitrogens with zero attached hydrogens (tertiary/aromatic N) is 3. The van der Waals surface area contributed by atoms with Crippen LogP contribution in [0, 0.1) is 6.92 Å². The molecule has 0 aromatic carbocycles. The van der Waals surface area contributed by atoms with E-state index in [1.807, 2.05) is 13.8 Å². The van der Waals surface area contributed by atoms with Crippen molar-refractivity contribution in [2.24, 2.45) is 10.9 Å². The van der Waals surface area contributed by atoms with Gasteiger partial charge in [0.2, 0.25) is 0 Å². The fourth-order valence-corrected chi connectivity index (χ4v) is 1.74. The van der Waals surface area contributed by atoms with E-state index >= 15 is 0 Å². The Balaban J connectivity index is 2.88. The van der Waals surface area contributed by atoms with Crippen LogP contribution in [0.15, 0.2) is 23.5 Å². The molecule has 0 saturated carbocycles. The van der Waals surface area contributed by atoms with Crippen LogP contribution in [0.5, 0.6) is 0 Å². The molecule has 0 spiro atoms. The largest absolute Gasteiger partial charge is 0.409 e. The van der Waals surface area contributed by atoms with Crippen LogP contribution in [-0.2, 0) is 0 Å². The highest BCUT2D eigenvalue weighted by atomic mass is 16.4.